The third-order valence-corrected chi connectivity index (χ3v) is 3.61. The summed E-state index contributed by atoms with van der Waals surface area (Å²) in [6.07, 6.45) is 2.01. The van der Waals surface area contributed by atoms with Crippen LogP contribution in [0.5, 0.6) is 0 Å². The molecule has 0 unspecified atom stereocenters. The summed E-state index contributed by atoms with van der Waals surface area (Å²) in [5.74, 6) is -0.638. The Hall–Kier alpha value is -2.36. The molecule has 0 spiro atoms. The number of halogens is 1. The molecule has 1 aliphatic rings. The predicted octanol–water partition coefficient (Wildman–Crippen LogP) is 3.21. The molecule has 0 saturated heterocycles. The van der Waals surface area contributed by atoms with Gasteiger partial charge in [0.2, 0.25) is 0 Å². The fourth-order valence-electron chi connectivity index (χ4n) is 2.43. The SMILES string of the molecule is Nc1cc(F)cc(C(=O)N(Cc2ccccc2)C2CC2)c1. The Kier molecular flexibility index (Phi) is 3.60. The van der Waals surface area contributed by atoms with Crippen molar-refractivity contribution in [3.05, 3.63) is 65.5 Å². The molecule has 2 aromatic rings. The zero-order chi connectivity index (χ0) is 14.8. The molecule has 2 aromatic carbocycles. The third kappa shape index (κ3) is 3.21. The van der Waals surface area contributed by atoms with Crippen LogP contribution in [-0.4, -0.2) is 16.8 Å². The van der Waals surface area contributed by atoms with Gasteiger partial charge in [-0.3, -0.25) is 4.79 Å². The van der Waals surface area contributed by atoms with Crippen molar-refractivity contribution < 1.29 is 9.18 Å². The van der Waals surface area contributed by atoms with Crippen LogP contribution in [0, 0.1) is 5.82 Å². The number of carbonyl (C=O) groups excluding carboxylic acids is 1. The number of hydrogen-bond donors (Lipinski definition) is 1. The lowest BCUT2D eigenvalue weighted by Crippen LogP contribution is -2.32. The van der Waals surface area contributed by atoms with E-state index in [9.17, 15) is 9.18 Å². The maximum atomic E-state index is 13.4. The molecule has 4 heteroatoms. The molecular weight excluding hydrogens is 267 g/mol. The fraction of sp³-hybridized carbons (Fsp3) is 0.235. The zero-order valence-electron chi connectivity index (χ0n) is 11.6. The first-order valence-electron chi connectivity index (χ1n) is 7.04. The Morgan fingerprint density at radius 2 is 1.90 bits per heavy atom. The lowest BCUT2D eigenvalue weighted by Gasteiger charge is -2.23. The lowest BCUT2D eigenvalue weighted by atomic mass is 10.1. The van der Waals surface area contributed by atoms with Gasteiger partial charge in [0.1, 0.15) is 5.82 Å². The van der Waals surface area contributed by atoms with Crippen LogP contribution in [0.1, 0.15) is 28.8 Å². The predicted molar refractivity (Wildman–Crippen MR) is 80.1 cm³/mol. The van der Waals surface area contributed by atoms with Crippen molar-refractivity contribution in [2.24, 2.45) is 0 Å². The van der Waals surface area contributed by atoms with Crippen LogP contribution in [0.4, 0.5) is 10.1 Å². The summed E-state index contributed by atoms with van der Waals surface area (Å²) in [6.45, 7) is 0.542. The summed E-state index contributed by atoms with van der Waals surface area (Å²) in [7, 11) is 0. The standard InChI is InChI=1S/C17H17FN2O/c18-14-8-13(9-15(19)10-14)17(21)20(16-6-7-16)11-12-4-2-1-3-5-12/h1-5,8-10,16H,6-7,11,19H2. The highest BCUT2D eigenvalue weighted by molar-refractivity contribution is 5.95. The molecule has 1 aliphatic carbocycles. The summed E-state index contributed by atoms with van der Waals surface area (Å²) in [6, 6.07) is 14.1. The lowest BCUT2D eigenvalue weighted by molar-refractivity contribution is 0.0729. The summed E-state index contributed by atoms with van der Waals surface area (Å²) in [4.78, 5) is 14.4. The first-order valence-corrected chi connectivity index (χ1v) is 7.04. The average molecular weight is 284 g/mol. The Labute approximate surface area is 123 Å². The zero-order valence-corrected chi connectivity index (χ0v) is 11.6. The van der Waals surface area contributed by atoms with Crippen LogP contribution in [-0.2, 0) is 6.54 Å². The molecule has 1 fully saturated rings. The van der Waals surface area contributed by atoms with Gasteiger partial charge in [-0.15, -0.1) is 0 Å². The number of anilines is 1. The molecule has 1 saturated carbocycles. The Morgan fingerprint density at radius 3 is 2.52 bits per heavy atom. The first-order chi connectivity index (χ1) is 10.1. The van der Waals surface area contributed by atoms with Gasteiger partial charge in [-0.25, -0.2) is 4.39 Å². The van der Waals surface area contributed by atoms with E-state index in [4.69, 9.17) is 5.73 Å². The number of benzene rings is 2. The van der Waals surface area contributed by atoms with Gasteiger partial charge in [0.15, 0.2) is 0 Å². The minimum absolute atomic E-state index is 0.160. The third-order valence-electron chi connectivity index (χ3n) is 3.61. The molecule has 0 bridgehead atoms. The van der Waals surface area contributed by atoms with Crippen molar-refractivity contribution in [1.29, 1.82) is 0 Å². The van der Waals surface area contributed by atoms with Gasteiger partial charge in [0.05, 0.1) is 0 Å². The van der Waals surface area contributed by atoms with Crippen molar-refractivity contribution >= 4 is 11.6 Å². The largest absolute Gasteiger partial charge is 0.399 e. The Morgan fingerprint density at radius 1 is 1.19 bits per heavy atom. The second-order valence-corrected chi connectivity index (χ2v) is 5.42. The molecule has 0 heterocycles. The summed E-state index contributed by atoms with van der Waals surface area (Å²) >= 11 is 0. The van der Waals surface area contributed by atoms with E-state index in [1.165, 1.54) is 18.2 Å². The van der Waals surface area contributed by atoms with Crippen molar-refractivity contribution in [3.63, 3.8) is 0 Å². The summed E-state index contributed by atoms with van der Waals surface area (Å²) in [5.41, 5.74) is 7.29. The minimum atomic E-state index is -0.478. The molecule has 3 nitrogen and oxygen atoms in total. The maximum Gasteiger partial charge on any atom is 0.254 e. The highest BCUT2D eigenvalue weighted by Gasteiger charge is 2.33. The number of carbonyl (C=O) groups is 1. The van der Waals surface area contributed by atoms with E-state index in [2.05, 4.69) is 0 Å². The molecule has 1 amide bonds. The normalized spacial score (nSPS) is 14.0. The molecule has 108 valence electrons. The van der Waals surface area contributed by atoms with Crippen molar-refractivity contribution in [1.82, 2.24) is 4.90 Å². The van der Waals surface area contributed by atoms with Crippen LogP contribution < -0.4 is 5.73 Å². The first kappa shape index (κ1) is 13.6. The molecule has 0 aromatic heterocycles. The number of hydrogen-bond acceptors (Lipinski definition) is 2. The number of nitrogens with two attached hydrogens (primary N) is 1. The van der Waals surface area contributed by atoms with Gasteiger partial charge in [0.25, 0.3) is 5.91 Å². The molecular formula is C17H17FN2O. The van der Waals surface area contributed by atoms with Gasteiger partial charge in [-0.1, -0.05) is 30.3 Å². The fourth-order valence-corrected chi connectivity index (χ4v) is 2.43. The molecule has 0 radical (unpaired) electrons. The van der Waals surface area contributed by atoms with E-state index in [0.29, 0.717) is 12.1 Å². The monoisotopic (exact) mass is 284 g/mol. The van der Waals surface area contributed by atoms with Gasteiger partial charge in [-0.05, 0) is 36.6 Å². The van der Waals surface area contributed by atoms with E-state index in [0.717, 1.165) is 18.4 Å². The minimum Gasteiger partial charge on any atom is -0.399 e. The molecule has 2 N–H and O–H groups in total. The second-order valence-electron chi connectivity index (χ2n) is 5.42. The van der Waals surface area contributed by atoms with Crippen molar-refractivity contribution in [2.45, 2.75) is 25.4 Å². The van der Waals surface area contributed by atoms with E-state index < -0.39 is 5.82 Å². The summed E-state index contributed by atoms with van der Waals surface area (Å²) in [5, 5.41) is 0. The molecule has 0 aliphatic heterocycles. The van der Waals surface area contributed by atoms with E-state index in [-0.39, 0.29) is 17.6 Å². The van der Waals surface area contributed by atoms with Gasteiger partial charge in [-0.2, -0.15) is 0 Å². The average Bonchev–Trinajstić information content (AvgIpc) is 3.29. The van der Waals surface area contributed by atoms with Crippen molar-refractivity contribution in [3.8, 4) is 0 Å². The van der Waals surface area contributed by atoms with Crippen LogP contribution in [0.15, 0.2) is 48.5 Å². The van der Waals surface area contributed by atoms with Gasteiger partial charge in [0, 0.05) is 23.8 Å². The number of nitrogen functional groups attached to an aromatic ring is 1. The van der Waals surface area contributed by atoms with E-state index in [1.807, 2.05) is 35.2 Å². The van der Waals surface area contributed by atoms with E-state index >= 15 is 0 Å². The number of nitrogens with zero attached hydrogens (tertiary/aromatic N) is 1. The van der Waals surface area contributed by atoms with Gasteiger partial charge >= 0.3 is 0 Å². The van der Waals surface area contributed by atoms with Gasteiger partial charge < -0.3 is 10.6 Å². The highest BCUT2D eigenvalue weighted by Crippen LogP contribution is 2.30. The number of amides is 1. The molecule has 0 atom stereocenters. The van der Waals surface area contributed by atoms with Crippen LogP contribution >= 0.6 is 0 Å². The van der Waals surface area contributed by atoms with Crippen LogP contribution in [0.3, 0.4) is 0 Å². The quantitative estimate of drug-likeness (QED) is 0.876. The Bertz CT molecular complexity index is 633. The summed E-state index contributed by atoms with van der Waals surface area (Å²) < 4.78 is 13.4. The Balaban J connectivity index is 1.85. The second kappa shape index (κ2) is 5.56. The smallest absolute Gasteiger partial charge is 0.254 e. The number of rotatable bonds is 4. The molecule has 3 rings (SSSR count). The topological polar surface area (TPSA) is 46.3 Å². The van der Waals surface area contributed by atoms with Crippen LogP contribution in [0.25, 0.3) is 0 Å². The van der Waals surface area contributed by atoms with E-state index in [1.54, 1.807) is 0 Å². The van der Waals surface area contributed by atoms with Crippen LogP contribution in [0.2, 0.25) is 0 Å². The molecule has 21 heavy (non-hydrogen) atoms. The maximum absolute atomic E-state index is 13.4. The highest BCUT2D eigenvalue weighted by atomic mass is 19.1. The van der Waals surface area contributed by atoms with Crippen molar-refractivity contribution in [2.75, 3.05) is 5.73 Å².